The van der Waals surface area contributed by atoms with Crippen LogP contribution in [0.2, 0.25) is 0 Å². The number of carbonyl (C=O) groups excluding carboxylic acids is 1. The average Bonchev–Trinajstić information content (AvgIpc) is 3.13. The highest BCUT2D eigenvalue weighted by atomic mass is 32.1. The van der Waals surface area contributed by atoms with Gasteiger partial charge in [-0.3, -0.25) is 4.79 Å². The van der Waals surface area contributed by atoms with Gasteiger partial charge in [0.05, 0.1) is 11.2 Å². The van der Waals surface area contributed by atoms with Crippen LogP contribution in [0.5, 0.6) is 0 Å². The molecule has 18 heavy (non-hydrogen) atoms. The van der Waals surface area contributed by atoms with Gasteiger partial charge in [0.2, 0.25) is 5.91 Å². The van der Waals surface area contributed by atoms with Gasteiger partial charge < -0.3 is 10.2 Å². The lowest BCUT2D eigenvalue weighted by Crippen LogP contribution is -2.45. The van der Waals surface area contributed by atoms with Crippen molar-refractivity contribution < 1.29 is 4.79 Å². The van der Waals surface area contributed by atoms with Crippen molar-refractivity contribution in [1.82, 2.24) is 15.2 Å². The molecule has 3 rings (SSSR count). The van der Waals surface area contributed by atoms with Gasteiger partial charge in [0, 0.05) is 37.0 Å². The zero-order chi connectivity index (χ0) is 12.4. The summed E-state index contributed by atoms with van der Waals surface area (Å²) >= 11 is 1.64. The number of thiazole rings is 1. The van der Waals surface area contributed by atoms with E-state index >= 15 is 0 Å². The van der Waals surface area contributed by atoms with Crippen molar-refractivity contribution in [2.75, 3.05) is 13.1 Å². The summed E-state index contributed by atoms with van der Waals surface area (Å²) in [6.07, 6.45) is 4.37. The van der Waals surface area contributed by atoms with Crippen LogP contribution in [-0.4, -0.2) is 34.9 Å². The van der Waals surface area contributed by atoms with E-state index in [0.29, 0.717) is 17.9 Å². The van der Waals surface area contributed by atoms with E-state index in [0.717, 1.165) is 51.0 Å². The van der Waals surface area contributed by atoms with E-state index in [1.165, 1.54) is 0 Å². The molecule has 0 atom stereocenters. The molecule has 1 N–H and O–H groups in total. The topological polar surface area (TPSA) is 45.2 Å². The Morgan fingerprint density at radius 1 is 1.39 bits per heavy atom. The molecule has 1 aromatic heterocycles. The van der Waals surface area contributed by atoms with Crippen molar-refractivity contribution in [2.24, 2.45) is 5.92 Å². The van der Waals surface area contributed by atoms with Crippen molar-refractivity contribution >= 4 is 17.2 Å². The molecule has 98 valence electrons. The van der Waals surface area contributed by atoms with Gasteiger partial charge >= 0.3 is 0 Å². The molecule has 1 aliphatic heterocycles. The molecule has 5 heteroatoms. The number of nitrogens with one attached hydrogen (secondary N) is 1. The lowest BCUT2D eigenvalue weighted by atomic mass is 10.0. The van der Waals surface area contributed by atoms with E-state index in [1.807, 2.05) is 5.51 Å². The van der Waals surface area contributed by atoms with E-state index in [1.54, 1.807) is 11.3 Å². The molecule has 0 aromatic carbocycles. The molecule has 0 bridgehead atoms. The van der Waals surface area contributed by atoms with Crippen LogP contribution in [0.4, 0.5) is 0 Å². The number of aromatic nitrogens is 1. The van der Waals surface area contributed by atoms with Gasteiger partial charge in [-0.25, -0.2) is 4.98 Å². The highest BCUT2D eigenvalue weighted by Crippen LogP contribution is 2.31. The number of rotatable bonds is 4. The molecule has 2 aliphatic rings. The van der Waals surface area contributed by atoms with Crippen molar-refractivity contribution in [3.63, 3.8) is 0 Å². The summed E-state index contributed by atoms with van der Waals surface area (Å²) in [6, 6.07) is 0.537. The summed E-state index contributed by atoms with van der Waals surface area (Å²) in [6.45, 7) is 2.69. The fourth-order valence-electron chi connectivity index (χ4n) is 2.47. The van der Waals surface area contributed by atoms with Gasteiger partial charge in [-0.1, -0.05) is 0 Å². The third kappa shape index (κ3) is 2.90. The second kappa shape index (κ2) is 5.36. The first-order valence-corrected chi connectivity index (χ1v) is 7.66. The Bertz CT molecular complexity index is 394. The van der Waals surface area contributed by atoms with Gasteiger partial charge in [0.25, 0.3) is 0 Å². The van der Waals surface area contributed by atoms with Crippen LogP contribution in [-0.2, 0) is 11.3 Å². The summed E-state index contributed by atoms with van der Waals surface area (Å²) in [7, 11) is 0. The van der Waals surface area contributed by atoms with Crippen LogP contribution in [0.15, 0.2) is 10.9 Å². The normalized spacial score (nSPS) is 21.2. The molecule has 1 aromatic rings. The summed E-state index contributed by atoms with van der Waals surface area (Å²) in [5.41, 5.74) is 2.99. The molecule has 2 fully saturated rings. The minimum Gasteiger partial charge on any atom is -0.342 e. The van der Waals surface area contributed by atoms with Crippen LogP contribution in [0.25, 0.3) is 0 Å². The first kappa shape index (κ1) is 12.1. The standard InChI is InChI=1S/C13H19N3OS/c17-13(10-1-2-10)16-5-3-11(4-6-16)14-7-12-8-18-9-15-12/h8-11,14H,1-7H2. The second-order valence-electron chi connectivity index (χ2n) is 5.23. The Hall–Kier alpha value is -0.940. The van der Waals surface area contributed by atoms with Gasteiger partial charge in [-0.2, -0.15) is 0 Å². The number of piperidine rings is 1. The molecule has 1 amide bonds. The Labute approximate surface area is 111 Å². The van der Waals surface area contributed by atoms with Crippen LogP contribution in [0.1, 0.15) is 31.4 Å². The van der Waals surface area contributed by atoms with E-state index < -0.39 is 0 Å². The van der Waals surface area contributed by atoms with Gasteiger partial charge in [-0.05, 0) is 25.7 Å². The number of amides is 1. The van der Waals surface area contributed by atoms with Crippen LogP contribution >= 0.6 is 11.3 Å². The number of nitrogens with zero attached hydrogens (tertiary/aromatic N) is 2. The van der Waals surface area contributed by atoms with E-state index in [4.69, 9.17) is 0 Å². The maximum atomic E-state index is 11.9. The van der Waals surface area contributed by atoms with Crippen LogP contribution in [0.3, 0.4) is 0 Å². The molecule has 0 spiro atoms. The van der Waals surface area contributed by atoms with E-state index in [2.05, 4.69) is 20.6 Å². The highest BCUT2D eigenvalue weighted by Gasteiger charge is 2.34. The molecule has 1 saturated heterocycles. The molecule has 1 aliphatic carbocycles. The fourth-order valence-corrected chi connectivity index (χ4v) is 3.02. The van der Waals surface area contributed by atoms with Crippen molar-refractivity contribution in [3.05, 3.63) is 16.6 Å². The lowest BCUT2D eigenvalue weighted by molar-refractivity contribution is -0.133. The third-order valence-corrected chi connectivity index (χ3v) is 4.42. The van der Waals surface area contributed by atoms with Gasteiger partial charge in [-0.15, -0.1) is 11.3 Å². The summed E-state index contributed by atoms with van der Waals surface area (Å²) < 4.78 is 0. The molecular formula is C13H19N3OS. The highest BCUT2D eigenvalue weighted by molar-refractivity contribution is 7.07. The molecule has 0 radical (unpaired) electrons. The first-order chi connectivity index (χ1) is 8.83. The fraction of sp³-hybridized carbons (Fsp3) is 0.692. The molecule has 1 saturated carbocycles. The van der Waals surface area contributed by atoms with Crippen LogP contribution in [0, 0.1) is 5.92 Å². The van der Waals surface area contributed by atoms with Crippen molar-refractivity contribution in [1.29, 1.82) is 0 Å². The Kier molecular flexibility index (Phi) is 3.61. The lowest BCUT2D eigenvalue weighted by Gasteiger charge is -2.32. The third-order valence-electron chi connectivity index (χ3n) is 3.79. The quantitative estimate of drug-likeness (QED) is 0.900. The number of likely N-dealkylation sites (tertiary alicyclic amines) is 1. The molecule has 0 unspecified atom stereocenters. The minimum atomic E-state index is 0.365. The van der Waals surface area contributed by atoms with Gasteiger partial charge in [0.15, 0.2) is 0 Å². The number of carbonyl (C=O) groups is 1. The monoisotopic (exact) mass is 265 g/mol. The first-order valence-electron chi connectivity index (χ1n) is 6.72. The SMILES string of the molecule is O=C(C1CC1)N1CCC(NCc2cscn2)CC1. The second-order valence-corrected chi connectivity index (χ2v) is 5.95. The number of hydrogen-bond acceptors (Lipinski definition) is 4. The predicted octanol–water partition coefficient (Wildman–Crippen LogP) is 1.63. The summed E-state index contributed by atoms with van der Waals surface area (Å²) in [5, 5.41) is 5.62. The zero-order valence-corrected chi connectivity index (χ0v) is 11.3. The molecule has 4 nitrogen and oxygen atoms in total. The molecule has 2 heterocycles. The molecular weight excluding hydrogens is 246 g/mol. The largest absolute Gasteiger partial charge is 0.342 e. The van der Waals surface area contributed by atoms with Gasteiger partial charge in [0.1, 0.15) is 0 Å². The Balaban J connectivity index is 1.41. The summed E-state index contributed by atoms with van der Waals surface area (Å²) in [4.78, 5) is 18.2. The minimum absolute atomic E-state index is 0.365. The maximum absolute atomic E-state index is 11.9. The summed E-state index contributed by atoms with van der Waals surface area (Å²) in [5.74, 6) is 0.762. The Morgan fingerprint density at radius 2 is 2.17 bits per heavy atom. The Morgan fingerprint density at radius 3 is 2.78 bits per heavy atom. The van der Waals surface area contributed by atoms with Crippen molar-refractivity contribution in [3.8, 4) is 0 Å². The zero-order valence-electron chi connectivity index (χ0n) is 10.5. The predicted molar refractivity (Wildman–Crippen MR) is 71.3 cm³/mol. The smallest absolute Gasteiger partial charge is 0.225 e. The van der Waals surface area contributed by atoms with Crippen LogP contribution < -0.4 is 5.32 Å². The van der Waals surface area contributed by atoms with E-state index in [-0.39, 0.29) is 0 Å². The maximum Gasteiger partial charge on any atom is 0.225 e. The van der Waals surface area contributed by atoms with E-state index in [9.17, 15) is 4.79 Å². The number of hydrogen-bond donors (Lipinski definition) is 1. The average molecular weight is 265 g/mol. The van der Waals surface area contributed by atoms with Crippen molar-refractivity contribution in [2.45, 2.75) is 38.3 Å².